The first-order valence-electron chi connectivity index (χ1n) is 10.6. The van der Waals surface area contributed by atoms with E-state index in [4.69, 9.17) is 4.74 Å². The van der Waals surface area contributed by atoms with Crippen LogP contribution in [-0.4, -0.2) is 58.5 Å². The van der Waals surface area contributed by atoms with Gasteiger partial charge in [0, 0.05) is 38.0 Å². The van der Waals surface area contributed by atoms with Crippen molar-refractivity contribution >= 4 is 27.5 Å². The Hall–Kier alpha value is -2.91. The zero-order chi connectivity index (χ0) is 23.1. The second kappa shape index (κ2) is 10.6. The van der Waals surface area contributed by atoms with Crippen LogP contribution in [-0.2, 0) is 19.6 Å². The summed E-state index contributed by atoms with van der Waals surface area (Å²) >= 11 is 0. The fourth-order valence-corrected chi connectivity index (χ4v) is 4.65. The molecule has 0 aromatic heterocycles. The predicted octanol–water partition coefficient (Wildman–Crippen LogP) is 2.41. The van der Waals surface area contributed by atoms with Gasteiger partial charge in [-0.15, -0.1) is 0 Å². The molecule has 2 N–H and O–H groups in total. The van der Waals surface area contributed by atoms with Gasteiger partial charge in [-0.05, 0) is 56.2 Å². The molecule has 3 rings (SSSR count). The van der Waals surface area contributed by atoms with Crippen LogP contribution in [0.15, 0.2) is 53.4 Å². The second-order valence-electron chi connectivity index (χ2n) is 7.87. The van der Waals surface area contributed by atoms with E-state index in [1.54, 1.807) is 60.5 Å². The number of sulfonamides is 1. The zero-order valence-corrected chi connectivity index (χ0v) is 19.2. The molecular weight excluding hydrogens is 430 g/mol. The summed E-state index contributed by atoms with van der Waals surface area (Å²) in [5.41, 5.74) is 1.79. The molecule has 0 bridgehead atoms. The minimum absolute atomic E-state index is 0.0691. The molecule has 0 aliphatic carbocycles. The van der Waals surface area contributed by atoms with Crippen molar-refractivity contribution in [2.45, 2.75) is 24.7 Å². The normalized spacial score (nSPS) is 16.4. The molecule has 1 saturated heterocycles. The summed E-state index contributed by atoms with van der Waals surface area (Å²) in [5.74, 6) is -0.488. The van der Waals surface area contributed by atoms with Gasteiger partial charge in [0.15, 0.2) is 0 Å². The Kier molecular flexibility index (Phi) is 7.87. The third-order valence-electron chi connectivity index (χ3n) is 5.40. The van der Waals surface area contributed by atoms with Crippen molar-refractivity contribution in [2.75, 3.05) is 38.1 Å². The number of likely N-dealkylation sites (tertiary alicyclic amines) is 1. The third kappa shape index (κ3) is 6.08. The quantitative estimate of drug-likeness (QED) is 0.590. The lowest BCUT2D eigenvalue weighted by molar-refractivity contribution is -0.126. The number of carbonyl (C=O) groups is 2. The summed E-state index contributed by atoms with van der Waals surface area (Å²) in [6.45, 7) is 3.72. The highest BCUT2D eigenvalue weighted by molar-refractivity contribution is 7.92. The maximum absolute atomic E-state index is 12.9. The van der Waals surface area contributed by atoms with Crippen molar-refractivity contribution < 1.29 is 22.7 Å². The lowest BCUT2D eigenvalue weighted by Crippen LogP contribution is -2.45. The number of rotatable bonds is 8. The van der Waals surface area contributed by atoms with Gasteiger partial charge in [-0.2, -0.15) is 0 Å². The largest absolute Gasteiger partial charge is 0.383 e. The topological polar surface area (TPSA) is 105 Å². The molecule has 172 valence electrons. The zero-order valence-electron chi connectivity index (χ0n) is 18.3. The van der Waals surface area contributed by atoms with Gasteiger partial charge in [0.25, 0.3) is 15.9 Å². The first-order chi connectivity index (χ1) is 15.3. The number of aryl methyl sites for hydroxylation is 1. The fourth-order valence-electron chi connectivity index (χ4n) is 3.59. The van der Waals surface area contributed by atoms with Crippen LogP contribution < -0.4 is 10.0 Å². The molecule has 2 aromatic carbocycles. The summed E-state index contributed by atoms with van der Waals surface area (Å²) in [6, 6.07) is 12.9. The Morgan fingerprint density at radius 1 is 1.09 bits per heavy atom. The number of carbonyl (C=O) groups excluding carboxylic acids is 2. The highest BCUT2D eigenvalue weighted by Gasteiger charge is 2.28. The van der Waals surface area contributed by atoms with Crippen LogP contribution in [0.5, 0.6) is 0 Å². The number of ether oxygens (including phenoxy) is 1. The summed E-state index contributed by atoms with van der Waals surface area (Å²) in [7, 11) is -2.13. The Morgan fingerprint density at radius 2 is 1.78 bits per heavy atom. The highest BCUT2D eigenvalue weighted by atomic mass is 32.2. The van der Waals surface area contributed by atoms with Crippen LogP contribution >= 0.6 is 0 Å². The van der Waals surface area contributed by atoms with Crippen LogP contribution in [0.3, 0.4) is 0 Å². The average molecular weight is 460 g/mol. The Balaban J connectivity index is 1.62. The SMILES string of the molecule is COCCNC(=O)[C@H]1CCCN(C(=O)c2ccc(NS(=O)(=O)c3ccc(C)cc3)cc2)C1. The Labute approximate surface area is 189 Å². The molecule has 2 amide bonds. The van der Waals surface area contributed by atoms with Crippen molar-refractivity contribution in [1.82, 2.24) is 10.2 Å². The summed E-state index contributed by atoms with van der Waals surface area (Å²) in [5, 5.41) is 2.83. The molecule has 1 atom stereocenters. The predicted molar refractivity (Wildman–Crippen MR) is 122 cm³/mol. The molecule has 0 unspecified atom stereocenters. The van der Waals surface area contributed by atoms with E-state index in [0.29, 0.717) is 37.5 Å². The van der Waals surface area contributed by atoms with Crippen LogP contribution in [0, 0.1) is 12.8 Å². The number of nitrogens with zero attached hydrogens (tertiary/aromatic N) is 1. The third-order valence-corrected chi connectivity index (χ3v) is 6.80. The number of nitrogens with one attached hydrogen (secondary N) is 2. The lowest BCUT2D eigenvalue weighted by Gasteiger charge is -2.32. The first-order valence-corrected chi connectivity index (χ1v) is 12.0. The smallest absolute Gasteiger partial charge is 0.261 e. The van der Waals surface area contributed by atoms with Gasteiger partial charge in [0.2, 0.25) is 5.91 Å². The van der Waals surface area contributed by atoms with Crippen LogP contribution in [0.1, 0.15) is 28.8 Å². The number of amides is 2. The van der Waals surface area contributed by atoms with Crippen molar-refractivity contribution in [3.63, 3.8) is 0 Å². The Bertz CT molecular complexity index is 1040. The Morgan fingerprint density at radius 3 is 2.44 bits per heavy atom. The van der Waals surface area contributed by atoms with E-state index in [2.05, 4.69) is 10.0 Å². The number of anilines is 1. The molecule has 2 aromatic rings. The fraction of sp³-hybridized carbons (Fsp3) is 0.391. The number of hydrogen-bond donors (Lipinski definition) is 2. The second-order valence-corrected chi connectivity index (χ2v) is 9.55. The van der Waals surface area contributed by atoms with Gasteiger partial charge in [-0.3, -0.25) is 14.3 Å². The summed E-state index contributed by atoms with van der Waals surface area (Å²) in [6.07, 6.45) is 1.49. The van der Waals surface area contributed by atoms with E-state index in [1.807, 2.05) is 6.92 Å². The number of piperidine rings is 1. The molecule has 1 heterocycles. The average Bonchev–Trinajstić information content (AvgIpc) is 2.79. The van der Waals surface area contributed by atoms with E-state index in [9.17, 15) is 18.0 Å². The molecule has 32 heavy (non-hydrogen) atoms. The number of hydrogen-bond acceptors (Lipinski definition) is 5. The van der Waals surface area contributed by atoms with E-state index in [1.165, 1.54) is 0 Å². The molecule has 0 saturated carbocycles. The standard InChI is InChI=1S/C23H29N3O5S/c1-17-5-11-21(12-6-17)32(29,30)25-20-9-7-18(8-10-20)23(28)26-14-3-4-19(16-26)22(27)24-13-15-31-2/h5-12,19,25H,3-4,13-16H2,1-2H3,(H,24,27)/t19-/m0/s1. The molecule has 0 radical (unpaired) electrons. The van der Waals surface area contributed by atoms with Crippen molar-refractivity contribution in [3.05, 3.63) is 59.7 Å². The van der Waals surface area contributed by atoms with Crippen LogP contribution in [0.4, 0.5) is 5.69 Å². The minimum atomic E-state index is -3.71. The molecule has 1 fully saturated rings. The van der Waals surface area contributed by atoms with Crippen LogP contribution in [0.25, 0.3) is 0 Å². The molecular formula is C23H29N3O5S. The molecule has 1 aliphatic heterocycles. The maximum atomic E-state index is 12.9. The molecule has 0 spiro atoms. The number of benzene rings is 2. The molecule has 1 aliphatic rings. The van der Waals surface area contributed by atoms with Gasteiger partial charge in [0.05, 0.1) is 17.4 Å². The van der Waals surface area contributed by atoms with Gasteiger partial charge in [-0.1, -0.05) is 17.7 Å². The molecule has 8 nitrogen and oxygen atoms in total. The van der Waals surface area contributed by atoms with Crippen molar-refractivity contribution in [3.8, 4) is 0 Å². The van der Waals surface area contributed by atoms with E-state index < -0.39 is 10.0 Å². The van der Waals surface area contributed by atoms with Gasteiger partial charge < -0.3 is 15.0 Å². The van der Waals surface area contributed by atoms with Crippen molar-refractivity contribution in [1.29, 1.82) is 0 Å². The summed E-state index contributed by atoms with van der Waals surface area (Å²) in [4.78, 5) is 27.1. The van der Waals surface area contributed by atoms with E-state index >= 15 is 0 Å². The minimum Gasteiger partial charge on any atom is -0.383 e. The highest BCUT2D eigenvalue weighted by Crippen LogP contribution is 2.21. The number of methoxy groups -OCH3 is 1. The van der Waals surface area contributed by atoms with Gasteiger partial charge >= 0.3 is 0 Å². The van der Waals surface area contributed by atoms with Gasteiger partial charge in [0.1, 0.15) is 0 Å². The lowest BCUT2D eigenvalue weighted by atomic mass is 9.96. The van der Waals surface area contributed by atoms with Crippen molar-refractivity contribution in [2.24, 2.45) is 5.92 Å². The van der Waals surface area contributed by atoms with Crippen LogP contribution in [0.2, 0.25) is 0 Å². The monoisotopic (exact) mass is 459 g/mol. The summed E-state index contributed by atoms with van der Waals surface area (Å²) < 4.78 is 32.6. The van der Waals surface area contributed by atoms with E-state index in [-0.39, 0.29) is 22.6 Å². The maximum Gasteiger partial charge on any atom is 0.261 e. The van der Waals surface area contributed by atoms with E-state index in [0.717, 1.165) is 18.4 Å². The first kappa shape index (κ1) is 23.7. The molecule has 9 heteroatoms. The van der Waals surface area contributed by atoms with Gasteiger partial charge in [-0.25, -0.2) is 8.42 Å².